The molecule has 0 saturated heterocycles. The van der Waals surface area contributed by atoms with Crippen molar-refractivity contribution >= 4 is 21.9 Å². The average Bonchev–Trinajstić information content (AvgIpc) is 2.86. The molecule has 1 aliphatic carbocycles. The molecule has 1 amide bonds. The quantitative estimate of drug-likeness (QED) is 0.418. The van der Waals surface area contributed by atoms with Crippen LogP contribution >= 0.6 is 0 Å². The highest BCUT2D eigenvalue weighted by atomic mass is 32.2. The van der Waals surface area contributed by atoms with E-state index in [1.807, 2.05) is 6.07 Å². The Labute approximate surface area is 213 Å². The predicted octanol–water partition coefficient (Wildman–Crippen LogP) is 3.29. The molecule has 3 rings (SSSR count). The van der Waals surface area contributed by atoms with Gasteiger partial charge in [0.1, 0.15) is 12.6 Å². The zero-order chi connectivity index (χ0) is 27.2. The fourth-order valence-electron chi connectivity index (χ4n) is 4.08. The van der Waals surface area contributed by atoms with Gasteiger partial charge in [0, 0.05) is 12.0 Å². The molecule has 0 unspecified atom stereocenters. The number of sulfonamides is 1. The van der Waals surface area contributed by atoms with Gasteiger partial charge in [0.2, 0.25) is 15.9 Å². The van der Waals surface area contributed by atoms with E-state index >= 15 is 0 Å². The van der Waals surface area contributed by atoms with E-state index in [4.69, 9.17) is 10.5 Å². The number of carbonyl (C=O) groups excluding carboxylic acids is 2. The number of benzene rings is 2. The zero-order valence-corrected chi connectivity index (χ0v) is 21.0. The number of hydrogen-bond acceptors (Lipinski definition) is 6. The van der Waals surface area contributed by atoms with Crippen LogP contribution in [0.3, 0.4) is 0 Å². The van der Waals surface area contributed by atoms with Gasteiger partial charge in [-0.1, -0.05) is 30.3 Å². The van der Waals surface area contributed by atoms with Crippen molar-refractivity contribution in [1.29, 1.82) is 0 Å². The lowest BCUT2D eigenvalue weighted by molar-refractivity contribution is -0.146. The number of ether oxygens (including phenoxy) is 1. The van der Waals surface area contributed by atoms with E-state index in [1.54, 1.807) is 24.3 Å². The van der Waals surface area contributed by atoms with Crippen molar-refractivity contribution in [3.8, 4) is 0 Å². The first-order chi connectivity index (χ1) is 17.4. The van der Waals surface area contributed by atoms with Gasteiger partial charge >= 0.3 is 12.1 Å². The van der Waals surface area contributed by atoms with E-state index in [0.29, 0.717) is 25.7 Å². The van der Waals surface area contributed by atoms with E-state index in [9.17, 15) is 31.2 Å². The summed E-state index contributed by atoms with van der Waals surface area (Å²) in [6.45, 7) is 1.42. The summed E-state index contributed by atoms with van der Waals surface area (Å²) in [7, 11) is -4.01. The highest BCUT2D eigenvalue weighted by Crippen LogP contribution is 2.30. The molecule has 2 aromatic rings. The number of halogens is 3. The molecular formula is C25H30F3N3O5S. The first-order valence-electron chi connectivity index (χ1n) is 11.8. The first-order valence-corrected chi connectivity index (χ1v) is 13.3. The van der Waals surface area contributed by atoms with Gasteiger partial charge in [-0.05, 0) is 62.4 Å². The maximum Gasteiger partial charge on any atom is 0.416 e. The number of amides is 1. The average molecular weight is 542 g/mol. The Hall–Kier alpha value is -2.96. The van der Waals surface area contributed by atoms with Crippen molar-refractivity contribution in [2.75, 3.05) is 6.61 Å². The summed E-state index contributed by atoms with van der Waals surface area (Å²) >= 11 is 0. The summed E-state index contributed by atoms with van der Waals surface area (Å²) in [5.41, 5.74) is 5.37. The number of rotatable bonds is 9. The SMILES string of the molecule is C[C@H](N)C(=O)OC[C@@H](NC(=O)C1CCC(NS(=O)(=O)c2ccc(C(F)(F)F)cc2)CC1)c1ccccc1. The fourth-order valence-corrected chi connectivity index (χ4v) is 5.38. The lowest BCUT2D eigenvalue weighted by Crippen LogP contribution is -2.42. The van der Waals surface area contributed by atoms with Gasteiger partial charge in [0.15, 0.2) is 0 Å². The summed E-state index contributed by atoms with van der Waals surface area (Å²) in [5, 5.41) is 2.92. The molecule has 0 aromatic heterocycles. The second kappa shape index (κ2) is 12.1. The van der Waals surface area contributed by atoms with E-state index < -0.39 is 45.9 Å². The molecule has 2 atom stereocenters. The summed E-state index contributed by atoms with van der Waals surface area (Å²) in [6, 6.07) is 10.5. The molecule has 0 radical (unpaired) electrons. The lowest BCUT2D eigenvalue weighted by Gasteiger charge is -2.29. The van der Waals surface area contributed by atoms with Crippen LogP contribution < -0.4 is 15.8 Å². The van der Waals surface area contributed by atoms with Crippen LogP contribution in [-0.2, 0) is 30.5 Å². The van der Waals surface area contributed by atoms with E-state index in [1.165, 1.54) is 6.92 Å². The van der Waals surface area contributed by atoms with Gasteiger partial charge in [0.25, 0.3) is 0 Å². The van der Waals surface area contributed by atoms with Crippen molar-refractivity contribution in [2.24, 2.45) is 11.7 Å². The summed E-state index contributed by atoms with van der Waals surface area (Å²) in [5.74, 6) is -1.20. The largest absolute Gasteiger partial charge is 0.462 e. The highest BCUT2D eigenvalue weighted by molar-refractivity contribution is 7.89. The number of nitrogens with one attached hydrogen (secondary N) is 2. The topological polar surface area (TPSA) is 128 Å². The minimum absolute atomic E-state index is 0.0849. The Bertz CT molecular complexity index is 1160. The van der Waals surface area contributed by atoms with Crippen LogP contribution in [0.15, 0.2) is 59.5 Å². The van der Waals surface area contributed by atoms with Crippen molar-refractivity contribution < 1.29 is 35.9 Å². The molecule has 12 heteroatoms. The van der Waals surface area contributed by atoms with Crippen molar-refractivity contribution in [1.82, 2.24) is 10.0 Å². The molecule has 202 valence electrons. The maximum atomic E-state index is 13.0. The van der Waals surface area contributed by atoms with Gasteiger partial charge in [-0.2, -0.15) is 13.2 Å². The van der Waals surface area contributed by atoms with Crippen molar-refractivity contribution in [2.45, 2.75) is 61.8 Å². The molecule has 0 spiro atoms. The predicted molar refractivity (Wildman–Crippen MR) is 129 cm³/mol. The van der Waals surface area contributed by atoms with Gasteiger partial charge in [0.05, 0.1) is 16.5 Å². The van der Waals surface area contributed by atoms with E-state index in [0.717, 1.165) is 29.8 Å². The highest BCUT2D eigenvalue weighted by Gasteiger charge is 2.32. The smallest absolute Gasteiger partial charge is 0.416 e. The summed E-state index contributed by atoms with van der Waals surface area (Å²) in [4.78, 5) is 24.5. The Morgan fingerprint density at radius 1 is 1.03 bits per heavy atom. The molecule has 37 heavy (non-hydrogen) atoms. The Morgan fingerprint density at radius 2 is 1.62 bits per heavy atom. The molecule has 0 aliphatic heterocycles. The van der Waals surface area contributed by atoms with Crippen molar-refractivity contribution in [3.63, 3.8) is 0 Å². The summed E-state index contributed by atoms with van der Waals surface area (Å²) in [6.07, 6.45) is -2.97. The molecule has 1 aliphatic rings. The van der Waals surface area contributed by atoms with Gasteiger partial charge in [-0.15, -0.1) is 0 Å². The first kappa shape index (κ1) is 28.6. The number of carbonyl (C=O) groups is 2. The Kier molecular flexibility index (Phi) is 9.32. The molecule has 1 fully saturated rings. The molecule has 2 aromatic carbocycles. The third kappa shape index (κ3) is 8.01. The van der Waals surface area contributed by atoms with Gasteiger partial charge < -0.3 is 15.8 Å². The minimum atomic E-state index is -4.56. The van der Waals surface area contributed by atoms with Gasteiger partial charge in [-0.25, -0.2) is 13.1 Å². The van der Waals surface area contributed by atoms with Crippen molar-refractivity contribution in [3.05, 3.63) is 65.7 Å². The van der Waals surface area contributed by atoms with Crippen LogP contribution in [0, 0.1) is 5.92 Å². The standard InChI is InChI=1S/C25H30F3N3O5S/c1-16(29)24(33)36-15-22(17-5-3-2-4-6-17)30-23(32)18-7-11-20(12-8-18)31-37(34,35)21-13-9-19(10-14-21)25(26,27)28/h2-6,9-10,13-14,16,18,20,22,31H,7-8,11-12,15,29H2,1H3,(H,30,32)/t16-,18?,20?,22+/m0/s1. The van der Waals surface area contributed by atoms with Crippen LogP contribution in [0.25, 0.3) is 0 Å². The molecule has 0 heterocycles. The Morgan fingerprint density at radius 3 is 2.16 bits per heavy atom. The molecule has 8 nitrogen and oxygen atoms in total. The normalized spacial score (nSPS) is 20.0. The third-order valence-electron chi connectivity index (χ3n) is 6.19. The van der Waals surface area contributed by atoms with Crippen LogP contribution in [0.2, 0.25) is 0 Å². The third-order valence-corrected chi connectivity index (χ3v) is 7.73. The van der Waals surface area contributed by atoms with Crippen LogP contribution in [0.1, 0.15) is 49.8 Å². The molecule has 1 saturated carbocycles. The second-order valence-electron chi connectivity index (χ2n) is 9.08. The lowest BCUT2D eigenvalue weighted by atomic mass is 9.85. The minimum Gasteiger partial charge on any atom is -0.462 e. The Balaban J connectivity index is 1.57. The maximum absolute atomic E-state index is 13.0. The number of alkyl halides is 3. The molecule has 0 bridgehead atoms. The van der Waals surface area contributed by atoms with Crippen LogP contribution in [-0.4, -0.2) is 39.0 Å². The van der Waals surface area contributed by atoms with Crippen LogP contribution in [0.4, 0.5) is 13.2 Å². The summed E-state index contributed by atoms with van der Waals surface area (Å²) < 4.78 is 71.3. The van der Waals surface area contributed by atoms with E-state index in [-0.39, 0.29) is 23.3 Å². The van der Waals surface area contributed by atoms with E-state index in [2.05, 4.69) is 10.0 Å². The monoisotopic (exact) mass is 541 g/mol. The number of hydrogen-bond donors (Lipinski definition) is 3. The van der Waals surface area contributed by atoms with Crippen LogP contribution in [0.5, 0.6) is 0 Å². The molecule has 4 N–H and O–H groups in total. The second-order valence-corrected chi connectivity index (χ2v) is 10.8. The fraction of sp³-hybridized carbons (Fsp3) is 0.440. The van der Waals surface area contributed by atoms with Gasteiger partial charge in [-0.3, -0.25) is 9.59 Å². The zero-order valence-electron chi connectivity index (χ0n) is 20.2. The number of nitrogens with two attached hydrogens (primary N) is 1. The number of esters is 1. The molecular weight excluding hydrogens is 511 g/mol.